The molecular weight excluding hydrogens is 520 g/mol. The van der Waals surface area contributed by atoms with Crippen LogP contribution in [0.3, 0.4) is 0 Å². The van der Waals surface area contributed by atoms with Crippen LogP contribution in [-0.4, -0.2) is 5.78 Å². The minimum atomic E-state index is -0.240. The van der Waals surface area contributed by atoms with E-state index >= 15 is 0 Å². The van der Waals surface area contributed by atoms with E-state index in [0.29, 0.717) is 18.4 Å². The van der Waals surface area contributed by atoms with Crippen LogP contribution in [0.25, 0.3) is 22.1 Å². The largest absolute Gasteiger partial charge is 0.289 e. The summed E-state index contributed by atoms with van der Waals surface area (Å²) >= 11 is 3.37. The molecule has 1 aromatic carbocycles. The van der Waals surface area contributed by atoms with Crippen molar-refractivity contribution >= 4 is 40.1 Å². The van der Waals surface area contributed by atoms with Gasteiger partial charge in [0.1, 0.15) is 5.82 Å². The molecule has 2 aliphatic rings. The number of rotatable bonds is 6. The molecule has 0 bridgehead atoms. The van der Waals surface area contributed by atoms with Crippen LogP contribution in [0.4, 0.5) is 4.39 Å². The minimum absolute atomic E-state index is 0.0868. The first kappa shape index (κ1) is 27.0. The van der Waals surface area contributed by atoms with Crippen molar-refractivity contribution < 1.29 is 9.18 Å². The predicted molar refractivity (Wildman–Crippen MR) is 166 cm³/mol. The molecule has 2 aromatic heterocycles. The molecule has 1 nitrogen and oxygen atoms in total. The number of hydrogen-bond donors (Lipinski definition) is 0. The summed E-state index contributed by atoms with van der Waals surface area (Å²) in [7, 11) is 0. The molecule has 0 fully saturated rings. The molecule has 0 unspecified atom stereocenters. The van der Waals surface area contributed by atoms with E-state index < -0.39 is 0 Å². The summed E-state index contributed by atoms with van der Waals surface area (Å²) in [5.74, 6) is -0.153. The van der Waals surface area contributed by atoms with E-state index in [9.17, 15) is 9.18 Å². The fourth-order valence-corrected chi connectivity index (χ4v) is 7.05. The lowest BCUT2D eigenvalue weighted by molar-refractivity contribution is -0.112. The van der Waals surface area contributed by atoms with Crippen molar-refractivity contribution in [1.29, 1.82) is 0 Å². The lowest BCUT2D eigenvalue weighted by Crippen LogP contribution is -2.23. The van der Waals surface area contributed by atoms with Gasteiger partial charge in [-0.25, -0.2) is 4.39 Å². The Morgan fingerprint density at radius 1 is 1.00 bits per heavy atom. The Labute approximate surface area is 237 Å². The average Bonchev–Trinajstić information content (AvgIpc) is 3.59. The summed E-state index contributed by atoms with van der Waals surface area (Å²) in [6.07, 6.45) is 15.4. The van der Waals surface area contributed by atoms with Gasteiger partial charge >= 0.3 is 0 Å². The lowest BCUT2D eigenvalue weighted by Gasteiger charge is -2.14. The van der Waals surface area contributed by atoms with E-state index in [1.165, 1.54) is 17.7 Å². The normalized spacial score (nSPS) is 16.1. The number of Topliss-reactive ketones (excluding diaryl/α,β-unsaturated/α-hetero) is 1. The number of hydrogen-bond acceptors (Lipinski definition) is 3. The van der Waals surface area contributed by atoms with Gasteiger partial charge in [0.2, 0.25) is 0 Å². The molecule has 0 amide bonds. The Morgan fingerprint density at radius 3 is 2.59 bits per heavy atom. The average molecular weight is 551 g/mol. The van der Waals surface area contributed by atoms with Gasteiger partial charge in [-0.05, 0) is 106 Å². The van der Waals surface area contributed by atoms with Gasteiger partial charge in [0.05, 0.1) is 0 Å². The molecule has 39 heavy (non-hydrogen) atoms. The first-order chi connectivity index (χ1) is 18.9. The third kappa shape index (κ3) is 6.35. The molecule has 4 heteroatoms. The highest BCUT2D eigenvalue weighted by molar-refractivity contribution is 7.13. The van der Waals surface area contributed by atoms with E-state index in [4.69, 9.17) is 0 Å². The quantitative estimate of drug-likeness (QED) is 0.282. The SMILES string of the molecule is C=C1C=CC(=C)C(C2=CCCC(C(=O)C(=C)Cc3cccs3)=CCCC2)=c2sc(-c3ccc(F)cc3)cc2=C1. The van der Waals surface area contributed by atoms with E-state index in [0.717, 1.165) is 73.0 Å². The van der Waals surface area contributed by atoms with Gasteiger partial charge in [-0.15, -0.1) is 22.7 Å². The van der Waals surface area contributed by atoms with Crippen molar-refractivity contribution in [3.8, 4) is 10.4 Å². The van der Waals surface area contributed by atoms with Crippen molar-refractivity contribution in [1.82, 2.24) is 0 Å². The Kier molecular flexibility index (Phi) is 8.35. The molecule has 196 valence electrons. The highest BCUT2D eigenvalue weighted by Crippen LogP contribution is 2.31. The lowest BCUT2D eigenvalue weighted by atomic mass is 9.92. The molecular formula is C35H31FOS2. The Hall–Kier alpha value is -3.60. The summed E-state index contributed by atoms with van der Waals surface area (Å²) in [6.45, 7) is 12.7. The smallest absolute Gasteiger partial charge is 0.184 e. The van der Waals surface area contributed by atoms with Crippen molar-refractivity contribution in [2.24, 2.45) is 0 Å². The third-order valence-corrected chi connectivity index (χ3v) is 9.12. The molecule has 0 atom stereocenters. The fraction of sp³-hybridized carbons (Fsp3) is 0.171. The second kappa shape index (κ2) is 12.1. The van der Waals surface area contributed by atoms with Crippen LogP contribution in [0.1, 0.15) is 37.0 Å². The monoisotopic (exact) mass is 550 g/mol. The topological polar surface area (TPSA) is 17.1 Å². The second-order valence-corrected chi connectivity index (χ2v) is 12.0. The van der Waals surface area contributed by atoms with Gasteiger partial charge < -0.3 is 0 Å². The Morgan fingerprint density at radius 2 is 1.82 bits per heavy atom. The van der Waals surface area contributed by atoms with Crippen LogP contribution in [0.2, 0.25) is 0 Å². The molecule has 0 N–H and O–H groups in total. The molecule has 0 saturated carbocycles. The second-order valence-electron chi connectivity index (χ2n) is 9.93. The number of carbonyl (C=O) groups is 1. The molecule has 0 radical (unpaired) electrons. The van der Waals surface area contributed by atoms with Gasteiger partial charge in [-0.1, -0.05) is 62.2 Å². The number of ketones is 1. The molecule has 2 aliphatic carbocycles. The van der Waals surface area contributed by atoms with E-state index in [2.05, 4.69) is 50.1 Å². The zero-order valence-corrected chi connectivity index (χ0v) is 23.6. The van der Waals surface area contributed by atoms with Gasteiger partial charge in [0.15, 0.2) is 5.78 Å². The Balaban J connectivity index is 1.48. The van der Waals surface area contributed by atoms with Gasteiger partial charge in [0, 0.05) is 26.3 Å². The van der Waals surface area contributed by atoms with Gasteiger partial charge in [-0.3, -0.25) is 4.79 Å². The maximum atomic E-state index is 13.6. The van der Waals surface area contributed by atoms with Crippen molar-refractivity contribution in [3.63, 3.8) is 0 Å². The number of benzene rings is 1. The van der Waals surface area contributed by atoms with Crippen LogP contribution in [0, 0.1) is 5.82 Å². The van der Waals surface area contributed by atoms with E-state index in [-0.39, 0.29) is 11.6 Å². The van der Waals surface area contributed by atoms with Crippen molar-refractivity contribution in [2.45, 2.75) is 38.5 Å². The predicted octanol–water partition coefficient (Wildman–Crippen LogP) is 8.41. The maximum absolute atomic E-state index is 13.6. The summed E-state index contributed by atoms with van der Waals surface area (Å²) < 4.78 is 14.7. The maximum Gasteiger partial charge on any atom is 0.184 e. The van der Waals surface area contributed by atoms with Crippen LogP contribution in [-0.2, 0) is 11.2 Å². The summed E-state index contributed by atoms with van der Waals surface area (Å²) in [4.78, 5) is 15.5. The van der Waals surface area contributed by atoms with E-state index in [1.54, 1.807) is 22.7 Å². The molecule has 2 heterocycles. The molecule has 5 rings (SSSR count). The van der Waals surface area contributed by atoms with Gasteiger partial charge in [0.25, 0.3) is 0 Å². The highest BCUT2D eigenvalue weighted by atomic mass is 32.1. The highest BCUT2D eigenvalue weighted by Gasteiger charge is 2.18. The van der Waals surface area contributed by atoms with E-state index in [1.807, 2.05) is 35.7 Å². The fourth-order valence-electron chi connectivity index (χ4n) is 5.04. The standard InChI is InChI=1S/C35H31FOS2/c1-23-13-14-24(2)33(35-29(20-23)22-32(39-35)26-15-17-30(36)18-16-26)27-8-4-5-9-28(11-6-10-27)34(37)25(3)21-31-12-7-19-38-31/h7,9-10,12-20,22H,1-6,8,11,21H2. The summed E-state index contributed by atoms with van der Waals surface area (Å²) in [5.41, 5.74) is 6.81. The number of allylic oxidation sites excluding steroid dienone is 9. The van der Waals surface area contributed by atoms with Crippen molar-refractivity contribution in [2.75, 3.05) is 0 Å². The first-order valence-corrected chi connectivity index (χ1v) is 14.9. The Bertz CT molecular complexity index is 1650. The molecule has 0 spiro atoms. The number of carbonyl (C=O) groups excluding carboxylic acids is 1. The van der Waals surface area contributed by atoms with Crippen molar-refractivity contribution in [3.05, 3.63) is 140 Å². The minimum Gasteiger partial charge on any atom is -0.289 e. The van der Waals surface area contributed by atoms with Gasteiger partial charge in [-0.2, -0.15) is 0 Å². The van der Waals surface area contributed by atoms with Crippen LogP contribution in [0.5, 0.6) is 0 Å². The molecule has 3 aromatic rings. The van der Waals surface area contributed by atoms with Crippen LogP contribution in [0.15, 0.2) is 120 Å². The summed E-state index contributed by atoms with van der Waals surface area (Å²) in [6, 6.07) is 12.9. The van der Waals surface area contributed by atoms with Crippen LogP contribution < -0.4 is 9.75 Å². The zero-order valence-electron chi connectivity index (χ0n) is 22.0. The zero-order chi connectivity index (χ0) is 27.4. The molecule has 0 saturated heterocycles. The number of halogens is 1. The third-order valence-electron chi connectivity index (χ3n) is 7.02. The van der Waals surface area contributed by atoms with Crippen LogP contribution >= 0.6 is 22.7 Å². The number of fused-ring (bicyclic) bond motifs is 1. The summed E-state index contributed by atoms with van der Waals surface area (Å²) in [5, 5.41) is 3.13. The molecule has 0 aliphatic heterocycles. The first-order valence-electron chi connectivity index (χ1n) is 13.2. The number of thiophene rings is 2.